The maximum atomic E-state index is 12.9. The van der Waals surface area contributed by atoms with E-state index in [9.17, 15) is 4.79 Å². The lowest BCUT2D eigenvalue weighted by Gasteiger charge is -2.33. The molecule has 1 atom stereocenters. The summed E-state index contributed by atoms with van der Waals surface area (Å²) >= 11 is 0. The lowest BCUT2D eigenvalue weighted by molar-refractivity contribution is -0.138. The first kappa shape index (κ1) is 15.9. The van der Waals surface area contributed by atoms with Gasteiger partial charge in [-0.2, -0.15) is 0 Å². The summed E-state index contributed by atoms with van der Waals surface area (Å²) in [4.78, 5) is 14.8. The minimum atomic E-state index is -0.152. The van der Waals surface area contributed by atoms with E-state index in [1.807, 2.05) is 23.1 Å². The van der Waals surface area contributed by atoms with Gasteiger partial charge in [-0.15, -0.1) is 10.2 Å². The van der Waals surface area contributed by atoms with Gasteiger partial charge in [-0.05, 0) is 18.1 Å². The lowest BCUT2D eigenvalue weighted by Crippen LogP contribution is -2.44. The number of amides is 1. The van der Waals surface area contributed by atoms with Crippen LogP contribution in [0.25, 0.3) is 0 Å². The van der Waals surface area contributed by atoms with Gasteiger partial charge >= 0.3 is 0 Å². The van der Waals surface area contributed by atoms with Crippen molar-refractivity contribution in [1.82, 2.24) is 19.7 Å². The molecule has 1 aromatic heterocycles. The fourth-order valence-corrected chi connectivity index (χ4v) is 3.56. The quantitative estimate of drug-likeness (QED) is 0.844. The van der Waals surface area contributed by atoms with Crippen LogP contribution in [-0.4, -0.2) is 45.8 Å². The molecule has 7 nitrogen and oxygen atoms in total. The number of hydrogen-bond acceptors (Lipinski definition) is 5. The molecule has 25 heavy (non-hydrogen) atoms. The van der Waals surface area contributed by atoms with Gasteiger partial charge < -0.3 is 18.9 Å². The zero-order valence-electron chi connectivity index (χ0n) is 14.6. The van der Waals surface area contributed by atoms with E-state index in [0.29, 0.717) is 26.1 Å². The van der Waals surface area contributed by atoms with Crippen LogP contribution in [0.1, 0.15) is 24.1 Å². The van der Waals surface area contributed by atoms with Gasteiger partial charge in [-0.25, -0.2) is 0 Å². The molecule has 132 valence electrons. The van der Waals surface area contributed by atoms with Crippen LogP contribution in [0.2, 0.25) is 0 Å². The predicted octanol–water partition coefficient (Wildman–Crippen LogP) is 1.44. The molecule has 0 saturated heterocycles. The zero-order chi connectivity index (χ0) is 17.4. The summed E-state index contributed by atoms with van der Waals surface area (Å²) in [5.74, 6) is 3.43. The molecule has 0 radical (unpaired) electrons. The zero-order valence-corrected chi connectivity index (χ0v) is 14.6. The summed E-state index contributed by atoms with van der Waals surface area (Å²) in [6.07, 6.45) is 1.55. The molecular formula is C18H22N4O3. The Bertz CT molecular complexity index is 802. The highest BCUT2D eigenvalue weighted by Gasteiger charge is 2.32. The summed E-state index contributed by atoms with van der Waals surface area (Å²) in [5.41, 5.74) is 1.05. The Labute approximate surface area is 146 Å². The fraction of sp³-hybridized carbons (Fsp3) is 0.500. The Morgan fingerprint density at radius 2 is 2.24 bits per heavy atom. The van der Waals surface area contributed by atoms with E-state index in [0.717, 1.165) is 41.7 Å². The number of carbonyl (C=O) groups is 1. The van der Waals surface area contributed by atoms with Gasteiger partial charge in [-0.3, -0.25) is 4.79 Å². The maximum absolute atomic E-state index is 12.9. The van der Waals surface area contributed by atoms with Crippen LogP contribution in [0.5, 0.6) is 11.5 Å². The molecule has 0 bridgehead atoms. The predicted molar refractivity (Wildman–Crippen MR) is 90.5 cm³/mol. The van der Waals surface area contributed by atoms with Gasteiger partial charge in [0.15, 0.2) is 5.82 Å². The number of nitrogens with zero attached hydrogens (tertiary/aromatic N) is 4. The Hall–Kier alpha value is -2.57. The second kappa shape index (κ2) is 6.38. The van der Waals surface area contributed by atoms with E-state index < -0.39 is 0 Å². The third kappa shape index (κ3) is 2.83. The minimum absolute atomic E-state index is 0.133. The second-order valence-corrected chi connectivity index (χ2v) is 6.48. The molecule has 1 aromatic carbocycles. The molecule has 0 unspecified atom stereocenters. The van der Waals surface area contributed by atoms with Crippen molar-refractivity contribution in [3.63, 3.8) is 0 Å². The monoisotopic (exact) mass is 342 g/mol. The van der Waals surface area contributed by atoms with Gasteiger partial charge in [0, 0.05) is 25.6 Å². The molecule has 7 heteroatoms. The maximum Gasteiger partial charge on any atom is 0.229 e. The number of fused-ring (bicyclic) bond motifs is 2. The van der Waals surface area contributed by atoms with Crippen LogP contribution in [0.15, 0.2) is 18.2 Å². The Morgan fingerprint density at radius 3 is 3.04 bits per heavy atom. The number of methoxy groups -OCH3 is 1. The molecule has 0 N–H and O–H groups in total. The van der Waals surface area contributed by atoms with Crippen LogP contribution < -0.4 is 9.47 Å². The van der Waals surface area contributed by atoms with Crippen molar-refractivity contribution in [3.05, 3.63) is 35.4 Å². The number of ether oxygens (including phenoxy) is 2. The molecule has 0 spiro atoms. The van der Waals surface area contributed by atoms with Crippen LogP contribution in [0, 0.1) is 5.92 Å². The first-order chi connectivity index (χ1) is 12.2. The molecule has 0 aliphatic carbocycles. The molecule has 0 saturated carbocycles. The van der Waals surface area contributed by atoms with Crippen molar-refractivity contribution in [3.8, 4) is 11.5 Å². The number of aryl methyl sites for hydroxylation is 1. The summed E-state index contributed by atoms with van der Waals surface area (Å²) in [5, 5.41) is 8.44. The highest BCUT2D eigenvalue weighted by molar-refractivity contribution is 5.80. The Balaban J connectivity index is 1.47. The highest BCUT2D eigenvalue weighted by Crippen LogP contribution is 2.32. The lowest BCUT2D eigenvalue weighted by atomic mass is 9.95. The topological polar surface area (TPSA) is 69.5 Å². The van der Waals surface area contributed by atoms with Crippen molar-refractivity contribution in [2.75, 3.05) is 20.3 Å². The number of aromatic nitrogens is 3. The van der Waals surface area contributed by atoms with E-state index >= 15 is 0 Å². The molecule has 1 amide bonds. The average Bonchev–Trinajstić information content (AvgIpc) is 3.08. The standard InChI is InChI=1S/C18H22N4O3/c1-3-16-19-20-17-10-21(6-7-22(16)17)18(23)13-8-12-4-5-14(24-2)9-15(12)25-11-13/h4-5,9,13H,3,6-8,10-11H2,1-2H3/t13-/m1/s1. The fourth-order valence-electron chi connectivity index (χ4n) is 3.56. The van der Waals surface area contributed by atoms with E-state index in [2.05, 4.69) is 21.7 Å². The van der Waals surface area contributed by atoms with Gasteiger partial charge in [-0.1, -0.05) is 13.0 Å². The smallest absolute Gasteiger partial charge is 0.229 e. The normalized spacial score (nSPS) is 19.0. The molecule has 2 aliphatic rings. The third-order valence-corrected chi connectivity index (χ3v) is 4.99. The van der Waals surface area contributed by atoms with Crippen LogP contribution >= 0.6 is 0 Å². The van der Waals surface area contributed by atoms with Gasteiger partial charge in [0.05, 0.1) is 19.6 Å². The summed E-state index contributed by atoms with van der Waals surface area (Å²) in [7, 11) is 1.63. The van der Waals surface area contributed by atoms with Gasteiger partial charge in [0.2, 0.25) is 5.91 Å². The SMILES string of the molecule is CCc1nnc2n1CCN(C(=O)[C@H]1COc3cc(OC)ccc3C1)C2. The number of benzene rings is 1. The van der Waals surface area contributed by atoms with Crippen molar-refractivity contribution < 1.29 is 14.3 Å². The Kier molecular flexibility index (Phi) is 4.07. The number of carbonyl (C=O) groups excluding carboxylic acids is 1. The summed E-state index contributed by atoms with van der Waals surface area (Å²) in [6.45, 7) is 4.46. The first-order valence-electron chi connectivity index (χ1n) is 8.69. The minimum Gasteiger partial charge on any atom is -0.497 e. The van der Waals surface area contributed by atoms with Gasteiger partial charge in [0.1, 0.15) is 23.9 Å². The van der Waals surface area contributed by atoms with E-state index in [4.69, 9.17) is 9.47 Å². The first-order valence-corrected chi connectivity index (χ1v) is 8.69. The molecular weight excluding hydrogens is 320 g/mol. The Morgan fingerprint density at radius 1 is 1.36 bits per heavy atom. The molecule has 0 fully saturated rings. The number of hydrogen-bond donors (Lipinski definition) is 0. The van der Waals surface area contributed by atoms with E-state index in [-0.39, 0.29) is 11.8 Å². The second-order valence-electron chi connectivity index (χ2n) is 6.48. The van der Waals surface area contributed by atoms with E-state index in [1.165, 1.54) is 0 Å². The molecule has 2 aromatic rings. The summed E-state index contributed by atoms with van der Waals surface area (Å²) in [6, 6.07) is 5.77. The van der Waals surface area contributed by atoms with Crippen LogP contribution in [0.3, 0.4) is 0 Å². The van der Waals surface area contributed by atoms with E-state index in [1.54, 1.807) is 7.11 Å². The third-order valence-electron chi connectivity index (χ3n) is 4.99. The van der Waals surface area contributed by atoms with Crippen molar-refractivity contribution >= 4 is 5.91 Å². The van der Waals surface area contributed by atoms with Crippen LogP contribution in [0.4, 0.5) is 0 Å². The summed E-state index contributed by atoms with van der Waals surface area (Å²) < 4.78 is 13.2. The molecule has 2 aliphatic heterocycles. The average molecular weight is 342 g/mol. The van der Waals surface area contributed by atoms with Crippen LogP contribution in [-0.2, 0) is 30.7 Å². The van der Waals surface area contributed by atoms with Gasteiger partial charge in [0.25, 0.3) is 0 Å². The van der Waals surface area contributed by atoms with Crippen molar-refractivity contribution in [1.29, 1.82) is 0 Å². The van der Waals surface area contributed by atoms with Crippen molar-refractivity contribution in [2.24, 2.45) is 5.92 Å². The largest absolute Gasteiger partial charge is 0.497 e. The van der Waals surface area contributed by atoms with Crippen molar-refractivity contribution in [2.45, 2.75) is 32.9 Å². The number of rotatable bonds is 3. The molecule has 4 rings (SSSR count). The highest BCUT2D eigenvalue weighted by atomic mass is 16.5. The molecule has 3 heterocycles.